The van der Waals surface area contributed by atoms with Crippen LogP contribution in [0.15, 0.2) is 18.3 Å². The highest BCUT2D eigenvalue weighted by atomic mass is 16.1. The lowest BCUT2D eigenvalue weighted by atomic mass is 9.87. The first-order valence-corrected chi connectivity index (χ1v) is 6.94. The Kier molecular flexibility index (Phi) is 5.80. The second-order valence-corrected chi connectivity index (χ2v) is 5.78. The van der Waals surface area contributed by atoms with Crippen molar-refractivity contribution in [2.75, 3.05) is 12.3 Å². The van der Waals surface area contributed by atoms with Crippen molar-refractivity contribution in [1.29, 1.82) is 0 Å². The summed E-state index contributed by atoms with van der Waals surface area (Å²) in [4.78, 5) is 16.0. The summed E-state index contributed by atoms with van der Waals surface area (Å²) in [7, 11) is 0. The number of aromatic nitrogens is 1. The lowest BCUT2D eigenvalue weighted by Gasteiger charge is -2.24. The molecule has 1 rings (SSSR count). The van der Waals surface area contributed by atoms with Crippen LogP contribution in [-0.2, 0) is 0 Å². The van der Waals surface area contributed by atoms with E-state index in [0.717, 1.165) is 6.42 Å². The van der Waals surface area contributed by atoms with Crippen LogP contribution < -0.4 is 11.1 Å². The van der Waals surface area contributed by atoms with E-state index in [1.807, 2.05) is 0 Å². The Bertz CT molecular complexity index is 416. The van der Waals surface area contributed by atoms with Crippen LogP contribution in [0.3, 0.4) is 0 Å². The lowest BCUT2D eigenvalue weighted by Crippen LogP contribution is -2.34. The molecule has 0 spiro atoms. The van der Waals surface area contributed by atoms with Gasteiger partial charge in [0.1, 0.15) is 5.69 Å². The van der Waals surface area contributed by atoms with Gasteiger partial charge in [0, 0.05) is 18.4 Å². The minimum Gasteiger partial charge on any atom is -0.399 e. The van der Waals surface area contributed by atoms with E-state index in [0.29, 0.717) is 17.9 Å². The topological polar surface area (TPSA) is 68.0 Å². The SMILES string of the molecule is CCCCCC(C)(C)CNC(=O)c1cc(N)ccn1. The molecule has 0 aromatic carbocycles. The molecule has 106 valence electrons. The fourth-order valence-electron chi connectivity index (χ4n) is 1.92. The van der Waals surface area contributed by atoms with Crippen LogP contribution in [0.4, 0.5) is 5.69 Å². The largest absolute Gasteiger partial charge is 0.399 e. The molecule has 0 saturated carbocycles. The van der Waals surface area contributed by atoms with Gasteiger partial charge in [0.2, 0.25) is 0 Å². The molecule has 0 aliphatic heterocycles. The number of carbonyl (C=O) groups excluding carboxylic acids is 1. The summed E-state index contributed by atoms with van der Waals surface area (Å²) in [5.41, 5.74) is 6.69. The number of nitrogen functional groups attached to an aromatic ring is 1. The van der Waals surface area contributed by atoms with Crippen molar-refractivity contribution in [1.82, 2.24) is 10.3 Å². The third-order valence-electron chi connectivity index (χ3n) is 3.20. The first kappa shape index (κ1) is 15.5. The van der Waals surface area contributed by atoms with Gasteiger partial charge in [0.15, 0.2) is 0 Å². The number of anilines is 1. The molecule has 3 N–H and O–H groups in total. The van der Waals surface area contributed by atoms with Crippen LogP contribution in [-0.4, -0.2) is 17.4 Å². The molecule has 0 bridgehead atoms. The number of amides is 1. The number of nitrogens with zero attached hydrogens (tertiary/aromatic N) is 1. The predicted molar refractivity (Wildman–Crippen MR) is 78.9 cm³/mol. The smallest absolute Gasteiger partial charge is 0.269 e. The van der Waals surface area contributed by atoms with Crippen molar-refractivity contribution in [2.24, 2.45) is 5.41 Å². The van der Waals surface area contributed by atoms with Gasteiger partial charge < -0.3 is 11.1 Å². The minimum absolute atomic E-state index is 0.116. The Labute approximate surface area is 115 Å². The number of rotatable bonds is 7. The van der Waals surface area contributed by atoms with Gasteiger partial charge in [-0.05, 0) is 24.0 Å². The average Bonchev–Trinajstić information content (AvgIpc) is 2.36. The molecule has 0 radical (unpaired) electrons. The van der Waals surface area contributed by atoms with Crippen molar-refractivity contribution in [2.45, 2.75) is 46.5 Å². The van der Waals surface area contributed by atoms with Gasteiger partial charge in [0.05, 0.1) is 0 Å². The average molecular weight is 263 g/mol. The van der Waals surface area contributed by atoms with E-state index in [2.05, 4.69) is 31.1 Å². The van der Waals surface area contributed by atoms with Gasteiger partial charge in [-0.15, -0.1) is 0 Å². The molecule has 0 saturated heterocycles. The van der Waals surface area contributed by atoms with Crippen LogP contribution >= 0.6 is 0 Å². The third-order valence-corrected chi connectivity index (χ3v) is 3.20. The second-order valence-electron chi connectivity index (χ2n) is 5.78. The molecule has 1 aromatic heterocycles. The highest BCUT2D eigenvalue weighted by Crippen LogP contribution is 2.22. The van der Waals surface area contributed by atoms with Crippen LogP contribution in [0.25, 0.3) is 0 Å². The highest BCUT2D eigenvalue weighted by molar-refractivity contribution is 5.92. The molecule has 4 heteroatoms. The van der Waals surface area contributed by atoms with Crippen molar-refractivity contribution in [3.63, 3.8) is 0 Å². The zero-order chi connectivity index (χ0) is 14.3. The van der Waals surface area contributed by atoms with Gasteiger partial charge in [-0.25, -0.2) is 0 Å². The maximum absolute atomic E-state index is 11.9. The zero-order valence-electron chi connectivity index (χ0n) is 12.2. The summed E-state index contributed by atoms with van der Waals surface area (Å²) in [6.45, 7) is 7.21. The van der Waals surface area contributed by atoms with Gasteiger partial charge in [-0.3, -0.25) is 9.78 Å². The molecule has 0 atom stereocenters. The quantitative estimate of drug-likeness (QED) is 0.743. The zero-order valence-corrected chi connectivity index (χ0v) is 12.2. The molecule has 1 heterocycles. The molecule has 0 aliphatic rings. The Morgan fingerprint density at radius 2 is 2.16 bits per heavy atom. The summed E-state index contributed by atoms with van der Waals surface area (Å²) in [6, 6.07) is 3.27. The summed E-state index contributed by atoms with van der Waals surface area (Å²) >= 11 is 0. The van der Waals surface area contributed by atoms with Crippen molar-refractivity contribution in [3.05, 3.63) is 24.0 Å². The molecule has 1 amide bonds. The van der Waals surface area contributed by atoms with E-state index in [1.54, 1.807) is 18.3 Å². The van der Waals surface area contributed by atoms with E-state index < -0.39 is 0 Å². The highest BCUT2D eigenvalue weighted by Gasteiger charge is 2.19. The Balaban J connectivity index is 2.45. The van der Waals surface area contributed by atoms with Gasteiger partial charge in [-0.1, -0.05) is 40.0 Å². The molecule has 0 fully saturated rings. The van der Waals surface area contributed by atoms with E-state index in [-0.39, 0.29) is 11.3 Å². The molecule has 0 aliphatic carbocycles. The van der Waals surface area contributed by atoms with Gasteiger partial charge >= 0.3 is 0 Å². The summed E-state index contributed by atoms with van der Waals surface area (Å²) in [5, 5.41) is 2.94. The maximum atomic E-state index is 11.9. The van der Waals surface area contributed by atoms with Gasteiger partial charge in [0.25, 0.3) is 5.91 Å². The molecule has 0 unspecified atom stereocenters. The van der Waals surface area contributed by atoms with E-state index in [1.165, 1.54) is 19.3 Å². The number of hydrogen-bond donors (Lipinski definition) is 2. The Morgan fingerprint density at radius 1 is 1.42 bits per heavy atom. The van der Waals surface area contributed by atoms with Crippen molar-refractivity contribution < 1.29 is 4.79 Å². The fraction of sp³-hybridized carbons (Fsp3) is 0.600. The van der Waals surface area contributed by atoms with Crippen molar-refractivity contribution in [3.8, 4) is 0 Å². The van der Waals surface area contributed by atoms with E-state index in [4.69, 9.17) is 5.73 Å². The summed E-state index contributed by atoms with van der Waals surface area (Å²) in [5.74, 6) is -0.157. The standard InChI is InChI=1S/C15H25N3O/c1-4-5-6-8-15(2,3)11-18-14(19)13-10-12(16)7-9-17-13/h7,9-10H,4-6,8,11H2,1-3H3,(H2,16,17)(H,18,19). The van der Waals surface area contributed by atoms with Crippen LogP contribution in [0, 0.1) is 5.41 Å². The Morgan fingerprint density at radius 3 is 2.79 bits per heavy atom. The van der Waals surface area contributed by atoms with Crippen LogP contribution in [0.5, 0.6) is 0 Å². The lowest BCUT2D eigenvalue weighted by molar-refractivity contribution is 0.0929. The first-order chi connectivity index (χ1) is 8.94. The molecular weight excluding hydrogens is 238 g/mol. The number of nitrogens with two attached hydrogens (primary N) is 1. The predicted octanol–water partition coefficient (Wildman–Crippen LogP) is 3.00. The molecular formula is C15H25N3O. The second kappa shape index (κ2) is 7.12. The molecule has 1 aromatic rings. The fourth-order valence-corrected chi connectivity index (χ4v) is 1.92. The van der Waals surface area contributed by atoms with Crippen molar-refractivity contribution >= 4 is 11.6 Å². The Hall–Kier alpha value is -1.58. The number of pyridine rings is 1. The maximum Gasteiger partial charge on any atom is 0.269 e. The number of nitrogens with one attached hydrogen (secondary N) is 1. The van der Waals surface area contributed by atoms with E-state index >= 15 is 0 Å². The molecule has 19 heavy (non-hydrogen) atoms. The summed E-state index contributed by atoms with van der Waals surface area (Å²) in [6.07, 6.45) is 6.34. The van der Waals surface area contributed by atoms with Crippen LogP contribution in [0.2, 0.25) is 0 Å². The first-order valence-electron chi connectivity index (χ1n) is 6.94. The van der Waals surface area contributed by atoms with Crippen LogP contribution in [0.1, 0.15) is 56.9 Å². The summed E-state index contributed by atoms with van der Waals surface area (Å²) < 4.78 is 0. The van der Waals surface area contributed by atoms with E-state index in [9.17, 15) is 4.79 Å². The monoisotopic (exact) mass is 263 g/mol. The number of unbranched alkanes of at least 4 members (excludes halogenated alkanes) is 2. The number of carbonyl (C=O) groups is 1. The number of hydrogen-bond acceptors (Lipinski definition) is 3. The van der Waals surface area contributed by atoms with Gasteiger partial charge in [-0.2, -0.15) is 0 Å². The normalized spacial score (nSPS) is 11.3. The molecule has 4 nitrogen and oxygen atoms in total. The minimum atomic E-state index is -0.157. The third kappa shape index (κ3) is 5.73.